The summed E-state index contributed by atoms with van der Waals surface area (Å²) in [5.41, 5.74) is 4.67. The van der Waals surface area contributed by atoms with Crippen molar-refractivity contribution in [2.45, 2.75) is 39.2 Å². The number of hydrogen-bond acceptors (Lipinski definition) is 5. The third kappa shape index (κ3) is 4.66. The number of benzene rings is 2. The predicted octanol–water partition coefficient (Wildman–Crippen LogP) is 3.56. The van der Waals surface area contributed by atoms with Crippen LogP contribution in [0.1, 0.15) is 48.7 Å². The lowest BCUT2D eigenvalue weighted by Crippen LogP contribution is -2.29. The molecule has 0 atom stereocenters. The highest BCUT2D eigenvalue weighted by molar-refractivity contribution is 6.04. The van der Waals surface area contributed by atoms with E-state index in [4.69, 9.17) is 0 Å². The molecule has 1 amide bonds. The lowest BCUT2D eigenvalue weighted by atomic mass is 10.1. The van der Waals surface area contributed by atoms with Crippen LogP contribution in [0.3, 0.4) is 0 Å². The Hall–Kier alpha value is -3.48. The number of carbonyl (C=O) groups excluding carboxylic acids is 1. The molecule has 31 heavy (non-hydrogen) atoms. The number of aryl methyl sites for hydroxylation is 1. The van der Waals surface area contributed by atoms with Gasteiger partial charge in [-0.15, -0.1) is 0 Å². The van der Waals surface area contributed by atoms with Gasteiger partial charge in [-0.25, -0.2) is 10.1 Å². The maximum atomic E-state index is 12.8. The van der Waals surface area contributed by atoms with Gasteiger partial charge in [0.1, 0.15) is 0 Å². The highest BCUT2D eigenvalue weighted by Crippen LogP contribution is 2.19. The van der Waals surface area contributed by atoms with E-state index in [2.05, 4.69) is 32.7 Å². The van der Waals surface area contributed by atoms with Gasteiger partial charge in [-0.2, -0.15) is 10.2 Å². The highest BCUT2D eigenvalue weighted by Gasteiger charge is 2.16. The average Bonchev–Trinajstić information content (AvgIpc) is 2.82. The first-order valence-electron chi connectivity index (χ1n) is 10.9. The van der Waals surface area contributed by atoms with Gasteiger partial charge in [-0.1, -0.05) is 37.3 Å². The van der Waals surface area contributed by atoms with Crippen LogP contribution in [-0.2, 0) is 6.54 Å². The Kier molecular flexibility index (Phi) is 6.40. The number of amides is 1. The summed E-state index contributed by atoms with van der Waals surface area (Å²) in [4.78, 5) is 27.7. The molecule has 4 rings (SSSR count). The van der Waals surface area contributed by atoms with Crippen LogP contribution in [-0.4, -0.2) is 35.0 Å². The minimum absolute atomic E-state index is 0.189. The van der Waals surface area contributed by atoms with E-state index < -0.39 is 5.91 Å². The fourth-order valence-corrected chi connectivity index (χ4v) is 3.91. The quantitative estimate of drug-likeness (QED) is 0.491. The first-order valence-corrected chi connectivity index (χ1v) is 10.9. The van der Waals surface area contributed by atoms with Crippen molar-refractivity contribution in [3.63, 3.8) is 0 Å². The van der Waals surface area contributed by atoms with Crippen LogP contribution in [0.25, 0.3) is 10.8 Å². The van der Waals surface area contributed by atoms with E-state index in [1.807, 2.05) is 19.1 Å². The molecule has 7 heteroatoms. The van der Waals surface area contributed by atoms with Crippen LogP contribution in [0.4, 0.5) is 5.69 Å². The number of anilines is 1. The number of hydrazone groups is 1. The summed E-state index contributed by atoms with van der Waals surface area (Å²) >= 11 is 0. The van der Waals surface area contributed by atoms with Crippen molar-refractivity contribution in [2.75, 3.05) is 18.0 Å². The van der Waals surface area contributed by atoms with E-state index in [0.29, 0.717) is 17.3 Å². The lowest BCUT2D eigenvalue weighted by Gasteiger charge is -2.28. The molecular weight excluding hydrogens is 390 g/mol. The molecule has 1 N–H and O–H groups in total. The molecule has 2 heterocycles. The van der Waals surface area contributed by atoms with Crippen molar-refractivity contribution in [3.8, 4) is 0 Å². The topological polar surface area (TPSA) is 79.6 Å². The fraction of sp³-hybridized carbons (Fsp3) is 0.333. The van der Waals surface area contributed by atoms with Gasteiger partial charge in [0.15, 0.2) is 5.69 Å². The van der Waals surface area contributed by atoms with Crippen molar-refractivity contribution in [3.05, 3.63) is 70.1 Å². The summed E-state index contributed by atoms with van der Waals surface area (Å²) in [5, 5.41) is 9.40. The molecule has 3 aromatic rings. The van der Waals surface area contributed by atoms with Crippen LogP contribution in [0.15, 0.2) is 58.4 Å². The summed E-state index contributed by atoms with van der Waals surface area (Å²) in [5.74, 6) is -0.442. The zero-order chi connectivity index (χ0) is 21.6. The second-order valence-electron chi connectivity index (χ2n) is 7.76. The number of rotatable bonds is 6. The van der Waals surface area contributed by atoms with Crippen LogP contribution in [0.5, 0.6) is 0 Å². The molecule has 1 aliphatic heterocycles. The molecule has 1 saturated heterocycles. The Bertz CT molecular complexity index is 1140. The van der Waals surface area contributed by atoms with Crippen molar-refractivity contribution < 1.29 is 4.79 Å². The van der Waals surface area contributed by atoms with E-state index in [-0.39, 0.29) is 11.3 Å². The molecule has 1 aliphatic rings. The lowest BCUT2D eigenvalue weighted by molar-refractivity contribution is 0.0949. The zero-order valence-corrected chi connectivity index (χ0v) is 17.8. The van der Waals surface area contributed by atoms with E-state index in [9.17, 15) is 9.59 Å². The third-order valence-corrected chi connectivity index (χ3v) is 5.51. The molecule has 0 unspecified atom stereocenters. The maximum Gasteiger partial charge on any atom is 0.292 e. The number of fused-ring (bicyclic) bond motifs is 1. The Morgan fingerprint density at radius 1 is 1.06 bits per heavy atom. The SMILES string of the molecule is CCCn1nc(C(=O)N/N=C\c2ccc(N3CCCCC3)cc2)c2ccccc2c1=O. The molecule has 160 valence electrons. The van der Waals surface area contributed by atoms with Crippen molar-refractivity contribution >= 4 is 28.6 Å². The van der Waals surface area contributed by atoms with Gasteiger partial charge in [0.05, 0.1) is 11.6 Å². The largest absolute Gasteiger partial charge is 0.372 e. The van der Waals surface area contributed by atoms with Crippen LogP contribution in [0.2, 0.25) is 0 Å². The zero-order valence-electron chi connectivity index (χ0n) is 17.8. The summed E-state index contributed by atoms with van der Waals surface area (Å²) in [7, 11) is 0. The molecule has 0 radical (unpaired) electrons. The number of carbonyl (C=O) groups is 1. The van der Waals surface area contributed by atoms with E-state index >= 15 is 0 Å². The highest BCUT2D eigenvalue weighted by atomic mass is 16.2. The van der Waals surface area contributed by atoms with Gasteiger partial charge in [-0.05, 0) is 49.4 Å². The summed E-state index contributed by atoms with van der Waals surface area (Å²) < 4.78 is 1.35. The number of nitrogens with one attached hydrogen (secondary N) is 1. The molecule has 0 spiro atoms. The van der Waals surface area contributed by atoms with Crippen LogP contribution >= 0.6 is 0 Å². The second-order valence-corrected chi connectivity index (χ2v) is 7.76. The molecule has 0 saturated carbocycles. The normalized spacial score (nSPS) is 14.3. The van der Waals surface area contributed by atoms with Gasteiger partial charge < -0.3 is 4.90 Å². The van der Waals surface area contributed by atoms with Gasteiger partial charge in [0.25, 0.3) is 11.5 Å². The second kappa shape index (κ2) is 9.55. The molecule has 0 aliphatic carbocycles. The molecule has 1 fully saturated rings. The van der Waals surface area contributed by atoms with Gasteiger partial charge in [-0.3, -0.25) is 9.59 Å². The number of nitrogens with zero attached hydrogens (tertiary/aromatic N) is 4. The smallest absolute Gasteiger partial charge is 0.292 e. The minimum atomic E-state index is -0.442. The van der Waals surface area contributed by atoms with Crippen LogP contribution in [0, 0.1) is 0 Å². The average molecular weight is 418 g/mol. The van der Waals surface area contributed by atoms with Crippen molar-refractivity contribution in [1.29, 1.82) is 0 Å². The first-order chi connectivity index (χ1) is 15.2. The van der Waals surface area contributed by atoms with Gasteiger partial charge in [0, 0.05) is 30.7 Å². The monoisotopic (exact) mass is 417 g/mol. The molecule has 1 aromatic heterocycles. The van der Waals surface area contributed by atoms with E-state index in [1.165, 1.54) is 29.6 Å². The summed E-state index contributed by atoms with van der Waals surface area (Å²) in [6, 6.07) is 15.2. The standard InChI is InChI=1S/C24H27N5O2/c1-2-14-29-24(31)21-9-5-4-8-20(21)22(27-29)23(30)26-25-17-18-10-12-19(13-11-18)28-15-6-3-7-16-28/h4-5,8-13,17H,2-3,6-7,14-16H2,1H3,(H,26,30)/b25-17-. The molecule has 7 nitrogen and oxygen atoms in total. The van der Waals surface area contributed by atoms with E-state index in [0.717, 1.165) is 25.1 Å². The summed E-state index contributed by atoms with van der Waals surface area (Å²) in [6.07, 6.45) is 6.15. The molecular formula is C24H27N5O2. The molecule has 2 aromatic carbocycles. The maximum absolute atomic E-state index is 12.8. The van der Waals surface area contributed by atoms with Crippen molar-refractivity contribution in [2.24, 2.45) is 5.10 Å². The van der Waals surface area contributed by atoms with Crippen LogP contribution < -0.4 is 15.9 Å². The number of piperidine rings is 1. The predicted molar refractivity (Wildman–Crippen MR) is 124 cm³/mol. The Morgan fingerprint density at radius 3 is 2.48 bits per heavy atom. The summed E-state index contributed by atoms with van der Waals surface area (Å²) in [6.45, 7) is 4.62. The third-order valence-electron chi connectivity index (χ3n) is 5.51. The number of hydrogen-bond donors (Lipinski definition) is 1. The Morgan fingerprint density at radius 2 is 1.77 bits per heavy atom. The van der Waals surface area contributed by atoms with E-state index in [1.54, 1.807) is 30.5 Å². The number of aromatic nitrogens is 2. The van der Waals surface area contributed by atoms with Gasteiger partial charge >= 0.3 is 0 Å². The van der Waals surface area contributed by atoms with Crippen molar-refractivity contribution in [1.82, 2.24) is 15.2 Å². The molecule has 0 bridgehead atoms. The fourth-order valence-electron chi connectivity index (χ4n) is 3.91. The Labute approximate surface area is 181 Å². The first kappa shape index (κ1) is 20.8. The van der Waals surface area contributed by atoms with Gasteiger partial charge in [0.2, 0.25) is 0 Å². The minimum Gasteiger partial charge on any atom is -0.372 e. The Balaban J connectivity index is 1.49.